The van der Waals surface area contributed by atoms with Gasteiger partial charge in [0.2, 0.25) is 5.95 Å². The molecule has 5 rings (SSSR count). The van der Waals surface area contributed by atoms with Crippen molar-refractivity contribution in [2.75, 3.05) is 32.0 Å². The van der Waals surface area contributed by atoms with Crippen LogP contribution in [0.1, 0.15) is 21.5 Å². The van der Waals surface area contributed by atoms with E-state index in [1.807, 2.05) is 11.9 Å². The fourth-order valence-corrected chi connectivity index (χ4v) is 3.81. The first-order chi connectivity index (χ1) is 14.9. The quantitative estimate of drug-likeness (QED) is 0.672. The van der Waals surface area contributed by atoms with E-state index in [0.717, 1.165) is 12.1 Å². The summed E-state index contributed by atoms with van der Waals surface area (Å²) in [5.41, 5.74) is 1.33. The number of carbonyl (C=O) groups excluding carboxylic acids is 2. The predicted octanol–water partition coefficient (Wildman–Crippen LogP) is 2.74. The van der Waals surface area contributed by atoms with Gasteiger partial charge in [-0.3, -0.25) is 20.0 Å². The first-order valence-corrected chi connectivity index (χ1v) is 9.61. The number of likely N-dealkylation sites (tertiary alicyclic amines) is 1. The van der Waals surface area contributed by atoms with E-state index in [-0.39, 0.29) is 35.4 Å². The zero-order valence-corrected chi connectivity index (χ0v) is 16.4. The average molecular weight is 425 g/mol. The van der Waals surface area contributed by atoms with Crippen molar-refractivity contribution in [3.63, 3.8) is 0 Å². The summed E-state index contributed by atoms with van der Waals surface area (Å²) in [4.78, 5) is 37.5. The maximum Gasteiger partial charge on any atom is 0.414 e. The van der Waals surface area contributed by atoms with Crippen LogP contribution >= 0.6 is 0 Å². The van der Waals surface area contributed by atoms with Crippen molar-refractivity contribution in [3.05, 3.63) is 58.7 Å². The van der Waals surface area contributed by atoms with E-state index in [1.165, 1.54) is 0 Å². The number of ketones is 1. The molecule has 0 aliphatic carbocycles. The van der Waals surface area contributed by atoms with Crippen molar-refractivity contribution in [1.82, 2.24) is 14.9 Å². The average Bonchev–Trinajstić information content (AvgIpc) is 3.10. The molecule has 1 fully saturated rings. The summed E-state index contributed by atoms with van der Waals surface area (Å²) in [7, 11) is 1.93. The van der Waals surface area contributed by atoms with E-state index in [2.05, 4.69) is 20.3 Å². The Morgan fingerprint density at radius 3 is 2.68 bits per heavy atom. The summed E-state index contributed by atoms with van der Waals surface area (Å²) < 4.78 is 34.0. The molecule has 0 radical (unpaired) electrons. The Labute approximate surface area is 174 Å². The van der Waals surface area contributed by atoms with Gasteiger partial charge in [-0.15, -0.1) is 0 Å². The number of hydrogen-bond donors (Lipinski definition) is 2. The number of anilines is 1. The molecule has 0 atom stereocenters. The highest BCUT2D eigenvalue weighted by Gasteiger charge is 2.29. The molecule has 10 heteroatoms. The number of imidazole rings is 1. The minimum atomic E-state index is -0.779. The Kier molecular flexibility index (Phi) is 4.51. The van der Waals surface area contributed by atoms with E-state index >= 15 is 0 Å². The topological polar surface area (TPSA) is 99.7 Å². The summed E-state index contributed by atoms with van der Waals surface area (Å²) in [5, 5.41) is 2.55. The molecule has 8 nitrogen and oxygen atoms in total. The van der Waals surface area contributed by atoms with Crippen LogP contribution in [0.2, 0.25) is 0 Å². The smallest absolute Gasteiger partial charge is 0.414 e. The number of aromatic nitrogens is 2. The number of nitrogens with zero attached hydrogens (tertiary/aromatic N) is 3. The maximum atomic E-state index is 14.5. The second-order valence-electron chi connectivity index (χ2n) is 7.56. The normalized spacial score (nSPS) is 16.6. The molecule has 3 aromatic rings. The third-order valence-corrected chi connectivity index (χ3v) is 5.28. The standard InChI is InChI=1S/C21H17F2N5O3/c1-28-8-11(9-28)31-21(30)27-20-25-14-5-2-10(6-15(14)26-20)19-18-13(23)4-3-12(22)17(18)16(29)7-24-19/h2-6,11H,7-9H2,1H3,(H2,25,26,27,30). The van der Waals surface area contributed by atoms with Gasteiger partial charge < -0.3 is 9.72 Å². The third kappa shape index (κ3) is 3.44. The van der Waals surface area contributed by atoms with Crippen LogP contribution < -0.4 is 5.32 Å². The van der Waals surface area contributed by atoms with Crippen LogP contribution in [0.3, 0.4) is 0 Å². The number of halogens is 2. The predicted molar refractivity (Wildman–Crippen MR) is 109 cm³/mol. The summed E-state index contributed by atoms with van der Waals surface area (Å²) in [6.07, 6.45) is -0.762. The molecule has 31 heavy (non-hydrogen) atoms. The molecule has 2 aliphatic rings. The van der Waals surface area contributed by atoms with Gasteiger partial charge in [-0.1, -0.05) is 6.07 Å². The van der Waals surface area contributed by atoms with Gasteiger partial charge in [-0.2, -0.15) is 0 Å². The Balaban J connectivity index is 1.43. The van der Waals surface area contributed by atoms with E-state index in [1.54, 1.807) is 18.2 Å². The SMILES string of the molecule is CN1CC(OC(=O)Nc2nc3ccc(C4=NCC(=O)c5c(F)ccc(F)c54)cc3[nH]2)C1. The van der Waals surface area contributed by atoms with Gasteiger partial charge in [0.25, 0.3) is 0 Å². The molecular weight excluding hydrogens is 408 g/mol. The van der Waals surface area contributed by atoms with Crippen LogP contribution in [0.25, 0.3) is 11.0 Å². The molecule has 2 N–H and O–H groups in total. The Hall–Kier alpha value is -3.66. The number of hydrogen-bond acceptors (Lipinski definition) is 6. The lowest BCUT2D eigenvalue weighted by atomic mass is 9.91. The van der Waals surface area contributed by atoms with Crippen molar-refractivity contribution in [1.29, 1.82) is 0 Å². The zero-order valence-electron chi connectivity index (χ0n) is 16.4. The summed E-state index contributed by atoms with van der Waals surface area (Å²) in [6, 6.07) is 6.88. The van der Waals surface area contributed by atoms with E-state index in [9.17, 15) is 18.4 Å². The number of aliphatic imine (C=N–C) groups is 1. The molecular formula is C21H17F2N5O3. The lowest BCUT2D eigenvalue weighted by Gasteiger charge is -2.34. The van der Waals surface area contributed by atoms with E-state index in [4.69, 9.17) is 4.74 Å². The molecule has 2 aliphatic heterocycles. The van der Waals surface area contributed by atoms with Crippen molar-refractivity contribution in [2.45, 2.75) is 6.10 Å². The van der Waals surface area contributed by atoms with Crippen LogP contribution in [-0.4, -0.2) is 65.2 Å². The molecule has 0 spiro atoms. The van der Waals surface area contributed by atoms with Gasteiger partial charge in [0.15, 0.2) is 5.78 Å². The van der Waals surface area contributed by atoms with Crippen molar-refractivity contribution < 1.29 is 23.1 Å². The molecule has 3 heterocycles. The van der Waals surface area contributed by atoms with Crippen LogP contribution in [0.4, 0.5) is 19.5 Å². The van der Waals surface area contributed by atoms with Gasteiger partial charge in [0, 0.05) is 24.2 Å². The number of aromatic amines is 1. The number of H-pyrrole nitrogens is 1. The van der Waals surface area contributed by atoms with E-state index in [0.29, 0.717) is 29.7 Å². The number of amides is 1. The summed E-state index contributed by atoms with van der Waals surface area (Å²) in [6.45, 7) is 1.10. The number of rotatable bonds is 3. The number of fused-ring (bicyclic) bond motifs is 2. The van der Waals surface area contributed by atoms with Crippen LogP contribution in [0, 0.1) is 11.6 Å². The number of Topliss-reactive ketones (excluding diaryl/α,β-unsaturated/α-hetero) is 1. The fourth-order valence-electron chi connectivity index (χ4n) is 3.81. The highest BCUT2D eigenvalue weighted by Crippen LogP contribution is 2.27. The summed E-state index contributed by atoms with van der Waals surface area (Å²) in [5.74, 6) is -1.87. The number of ether oxygens (including phenoxy) is 1. The minimum absolute atomic E-state index is 0.150. The lowest BCUT2D eigenvalue weighted by molar-refractivity contribution is 0.00676. The van der Waals surface area contributed by atoms with Crippen LogP contribution in [0.15, 0.2) is 35.3 Å². The minimum Gasteiger partial charge on any atom is -0.443 e. The highest BCUT2D eigenvalue weighted by molar-refractivity contribution is 6.22. The van der Waals surface area contributed by atoms with Gasteiger partial charge in [-0.25, -0.2) is 18.6 Å². The van der Waals surface area contributed by atoms with Gasteiger partial charge >= 0.3 is 6.09 Å². The first kappa shape index (κ1) is 19.3. The molecule has 0 unspecified atom stereocenters. The van der Waals surface area contributed by atoms with Gasteiger partial charge in [0.05, 0.1) is 22.3 Å². The Morgan fingerprint density at radius 1 is 1.19 bits per heavy atom. The molecule has 2 aromatic carbocycles. The molecule has 1 aromatic heterocycles. The lowest BCUT2D eigenvalue weighted by Crippen LogP contribution is -2.50. The molecule has 1 amide bonds. The molecule has 0 saturated carbocycles. The molecule has 1 saturated heterocycles. The van der Waals surface area contributed by atoms with E-state index < -0.39 is 23.5 Å². The first-order valence-electron chi connectivity index (χ1n) is 9.61. The second-order valence-corrected chi connectivity index (χ2v) is 7.56. The van der Waals surface area contributed by atoms with Crippen LogP contribution in [0.5, 0.6) is 0 Å². The largest absolute Gasteiger partial charge is 0.443 e. The van der Waals surface area contributed by atoms with Crippen molar-refractivity contribution in [2.24, 2.45) is 4.99 Å². The molecule has 0 bridgehead atoms. The Bertz CT molecular complexity index is 1260. The fraction of sp³-hybridized carbons (Fsp3) is 0.238. The monoisotopic (exact) mass is 425 g/mol. The second kappa shape index (κ2) is 7.24. The van der Waals surface area contributed by atoms with Crippen molar-refractivity contribution in [3.8, 4) is 0 Å². The zero-order chi connectivity index (χ0) is 21.7. The van der Waals surface area contributed by atoms with Crippen LogP contribution in [-0.2, 0) is 4.74 Å². The molecule has 158 valence electrons. The number of carbonyl (C=O) groups is 2. The number of nitrogens with one attached hydrogen (secondary N) is 2. The number of likely N-dealkylation sites (N-methyl/N-ethyl adjacent to an activating group) is 1. The van der Waals surface area contributed by atoms with Gasteiger partial charge in [-0.05, 0) is 31.3 Å². The number of benzene rings is 2. The maximum absolute atomic E-state index is 14.5. The van der Waals surface area contributed by atoms with Gasteiger partial charge in [0.1, 0.15) is 24.3 Å². The van der Waals surface area contributed by atoms with Crippen molar-refractivity contribution >= 4 is 34.6 Å². The Morgan fingerprint density at radius 2 is 1.94 bits per heavy atom. The summed E-state index contributed by atoms with van der Waals surface area (Å²) >= 11 is 0. The third-order valence-electron chi connectivity index (χ3n) is 5.28. The highest BCUT2D eigenvalue weighted by atomic mass is 19.1.